The molecule has 6 nitrogen and oxygen atoms in total. The van der Waals surface area contributed by atoms with Gasteiger partial charge in [-0.05, 0) is 49.2 Å². The molecule has 168 valence electrons. The zero-order valence-corrected chi connectivity index (χ0v) is 19.0. The fourth-order valence-electron chi connectivity index (χ4n) is 4.21. The number of ether oxygens (including phenoxy) is 2. The highest BCUT2D eigenvalue weighted by atomic mass is 16.5. The first-order chi connectivity index (χ1) is 15.9. The van der Waals surface area contributed by atoms with Crippen molar-refractivity contribution in [2.75, 3.05) is 19.1 Å². The van der Waals surface area contributed by atoms with Crippen LogP contribution in [-0.2, 0) is 9.59 Å². The molecule has 0 aliphatic carbocycles. The van der Waals surface area contributed by atoms with Gasteiger partial charge in [-0.3, -0.25) is 14.5 Å². The Labute approximate surface area is 192 Å². The quantitative estimate of drug-likeness (QED) is 0.343. The number of ketones is 1. The van der Waals surface area contributed by atoms with Crippen LogP contribution < -0.4 is 14.4 Å². The van der Waals surface area contributed by atoms with Gasteiger partial charge in [-0.2, -0.15) is 0 Å². The molecule has 3 aromatic rings. The maximum atomic E-state index is 13.4. The van der Waals surface area contributed by atoms with Crippen molar-refractivity contribution in [3.63, 3.8) is 0 Å². The van der Waals surface area contributed by atoms with E-state index >= 15 is 0 Å². The topological polar surface area (TPSA) is 76.1 Å². The number of carbonyl (C=O) groups excluding carboxylic acids is 2. The average Bonchev–Trinajstić information content (AvgIpc) is 3.09. The number of aliphatic hydroxyl groups excluding tert-OH is 1. The number of benzene rings is 3. The predicted octanol–water partition coefficient (Wildman–Crippen LogP) is 4.95. The van der Waals surface area contributed by atoms with Gasteiger partial charge in [0.2, 0.25) is 0 Å². The fourth-order valence-corrected chi connectivity index (χ4v) is 4.21. The van der Waals surface area contributed by atoms with Crippen molar-refractivity contribution in [1.29, 1.82) is 0 Å². The summed E-state index contributed by atoms with van der Waals surface area (Å²) in [5.41, 5.74) is 3.44. The highest BCUT2D eigenvalue weighted by molar-refractivity contribution is 6.51. The van der Waals surface area contributed by atoms with Crippen molar-refractivity contribution in [3.05, 3.63) is 94.6 Å². The molecule has 1 aliphatic rings. The van der Waals surface area contributed by atoms with E-state index in [2.05, 4.69) is 0 Å². The lowest BCUT2D eigenvalue weighted by molar-refractivity contribution is -0.132. The van der Waals surface area contributed by atoms with Crippen molar-refractivity contribution >= 4 is 23.1 Å². The summed E-state index contributed by atoms with van der Waals surface area (Å²) in [4.78, 5) is 28.1. The first-order valence-electron chi connectivity index (χ1n) is 10.5. The summed E-state index contributed by atoms with van der Waals surface area (Å²) in [6.07, 6.45) is 0. The first-order valence-corrected chi connectivity index (χ1v) is 10.5. The molecule has 1 unspecified atom stereocenters. The molecule has 1 heterocycles. The molecule has 1 aliphatic heterocycles. The second-order valence-corrected chi connectivity index (χ2v) is 7.90. The van der Waals surface area contributed by atoms with E-state index in [1.165, 1.54) is 19.1 Å². The molecule has 4 rings (SSSR count). The Hall–Kier alpha value is -4.06. The minimum absolute atomic E-state index is 0.0160. The van der Waals surface area contributed by atoms with Gasteiger partial charge in [-0.1, -0.05) is 48.0 Å². The average molecular weight is 443 g/mol. The van der Waals surface area contributed by atoms with Crippen LogP contribution >= 0.6 is 0 Å². The summed E-state index contributed by atoms with van der Waals surface area (Å²) in [6.45, 7) is 3.86. The highest BCUT2D eigenvalue weighted by Gasteiger charge is 2.47. The number of methoxy groups -OCH3 is 2. The van der Waals surface area contributed by atoms with Gasteiger partial charge >= 0.3 is 0 Å². The molecule has 1 amide bonds. The van der Waals surface area contributed by atoms with E-state index in [0.29, 0.717) is 17.2 Å². The van der Waals surface area contributed by atoms with Gasteiger partial charge in [0.05, 0.1) is 25.8 Å². The number of aryl methyl sites for hydroxylation is 2. The predicted molar refractivity (Wildman–Crippen MR) is 127 cm³/mol. The Morgan fingerprint density at radius 3 is 2.03 bits per heavy atom. The number of amides is 1. The second-order valence-electron chi connectivity index (χ2n) is 7.90. The van der Waals surface area contributed by atoms with Crippen LogP contribution in [0.1, 0.15) is 28.3 Å². The molecule has 1 fully saturated rings. The number of aliphatic hydroxyl groups is 1. The molecule has 0 bridgehead atoms. The molecule has 0 spiro atoms. The first kappa shape index (κ1) is 22.1. The van der Waals surface area contributed by atoms with E-state index in [1.807, 2.05) is 50.2 Å². The summed E-state index contributed by atoms with van der Waals surface area (Å²) in [6, 6.07) is 19.1. The van der Waals surface area contributed by atoms with Crippen LogP contribution in [0, 0.1) is 13.8 Å². The van der Waals surface area contributed by atoms with Gasteiger partial charge in [-0.15, -0.1) is 0 Å². The largest absolute Gasteiger partial charge is 0.506 e. The summed E-state index contributed by atoms with van der Waals surface area (Å²) < 4.78 is 10.9. The highest BCUT2D eigenvalue weighted by Crippen LogP contribution is 2.45. The molecule has 1 N–H and O–H groups in total. The van der Waals surface area contributed by atoms with E-state index in [9.17, 15) is 14.7 Å². The summed E-state index contributed by atoms with van der Waals surface area (Å²) in [5.74, 6) is -1.16. The van der Waals surface area contributed by atoms with Gasteiger partial charge < -0.3 is 14.6 Å². The maximum Gasteiger partial charge on any atom is 0.300 e. The van der Waals surface area contributed by atoms with Crippen LogP contribution in [0.15, 0.2) is 72.3 Å². The molecular weight excluding hydrogens is 418 g/mol. The van der Waals surface area contributed by atoms with Crippen LogP contribution in [0.2, 0.25) is 0 Å². The smallest absolute Gasteiger partial charge is 0.300 e. The second kappa shape index (κ2) is 8.82. The number of hydrogen-bond donors (Lipinski definition) is 1. The van der Waals surface area contributed by atoms with E-state index in [1.54, 1.807) is 30.3 Å². The third-order valence-corrected chi connectivity index (χ3v) is 5.90. The molecule has 1 saturated heterocycles. The molecule has 0 radical (unpaired) electrons. The Morgan fingerprint density at radius 2 is 1.45 bits per heavy atom. The maximum absolute atomic E-state index is 13.4. The zero-order valence-electron chi connectivity index (χ0n) is 19.0. The van der Waals surface area contributed by atoms with Crippen molar-refractivity contribution in [3.8, 4) is 11.5 Å². The third kappa shape index (κ3) is 3.74. The Kier molecular flexibility index (Phi) is 5.92. The minimum Gasteiger partial charge on any atom is -0.506 e. The zero-order chi connectivity index (χ0) is 23.7. The lowest BCUT2D eigenvalue weighted by atomic mass is 9.92. The van der Waals surface area contributed by atoms with Crippen molar-refractivity contribution in [2.45, 2.75) is 19.9 Å². The summed E-state index contributed by atoms with van der Waals surface area (Å²) >= 11 is 0. The number of anilines is 1. The number of rotatable bonds is 5. The van der Waals surface area contributed by atoms with E-state index in [-0.39, 0.29) is 16.9 Å². The van der Waals surface area contributed by atoms with Crippen LogP contribution in [0.3, 0.4) is 0 Å². The Bertz CT molecular complexity index is 1240. The summed E-state index contributed by atoms with van der Waals surface area (Å²) in [7, 11) is 2.94. The lowest BCUT2D eigenvalue weighted by Crippen LogP contribution is -2.29. The molecule has 0 aromatic heterocycles. The van der Waals surface area contributed by atoms with Crippen molar-refractivity contribution in [1.82, 2.24) is 0 Å². The number of Topliss-reactive ketones (excluding diaryl/α,β-unsaturated/α-hetero) is 1. The minimum atomic E-state index is -0.816. The van der Waals surface area contributed by atoms with Gasteiger partial charge in [0.25, 0.3) is 11.7 Å². The van der Waals surface area contributed by atoms with Gasteiger partial charge in [-0.25, -0.2) is 0 Å². The van der Waals surface area contributed by atoms with Crippen molar-refractivity contribution in [2.24, 2.45) is 0 Å². The number of nitrogens with zero attached hydrogens (tertiary/aromatic N) is 1. The van der Waals surface area contributed by atoms with Gasteiger partial charge in [0.15, 0.2) is 0 Å². The lowest BCUT2D eigenvalue weighted by Gasteiger charge is -2.27. The normalized spacial score (nSPS) is 17.3. The van der Waals surface area contributed by atoms with E-state index < -0.39 is 17.7 Å². The Balaban J connectivity index is 2.03. The van der Waals surface area contributed by atoms with Crippen LogP contribution in [0.4, 0.5) is 5.69 Å². The van der Waals surface area contributed by atoms with E-state index in [4.69, 9.17) is 9.47 Å². The SMILES string of the molecule is COc1cccc(OC)c1/C(O)=C1\C(=O)C(=O)N(c2ccc(C)cc2)C1c1ccccc1C. The summed E-state index contributed by atoms with van der Waals surface area (Å²) in [5, 5.41) is 11.5. The van der Waals surface area contributed by atoms with E-state index in [0.717, 1.165) is 16.7 Å². The monoisotopic (exact) mass is 443 g/mol. The molecule has 0 saturated carbocycles. The molecular formula is C27H25NO5. The van der Waals surface area contributed by atoms with Gasteiger partial charge in [0, 0.05) is 5.69 Å². The third-order valence-electron chi connectivity index (χ3n) is 5.90. The number of hydrogen-bond acceptors (Lipinski definition) is 5. The molecule has 6 heteroatoms. The number of carbonyl (C=O) groups is 2. The van der Waals surface area contributed by atoms with Crippen molar-refractivity contribution < 1.29 is 24.2 Å². The Morgan fingerprint density at radius 1 is 0.848 bits per heavy atom. The fraction of sp³-hybridized carbons (Fsp3) is 0.185. The van der Waals surface area contributed by atoms with Crippen LogP contribution in [-0.4, -0.2) is 31.0 Å². The van der Waals surface area contributed by atoms with Crippen LogP contribution in [0.5, 0.6) is 11.5 Å². The van der Waals surface area contributed by atoms with Crippen LogP contribution in [0.25, 0.3) is 5.76 Å². The molecule has 1 atom stereocenters. The molecule has 3 aromatic carbocycles. The van der Waals surface area contributed by atoms with Gasteiger partial charge in [0.1, 0.15) is 22.8 Å². The molecule has 33 heavy (non-hydrogen) atoms. The standard InChI is InChI=1S/C27H25NO5/c1-16-12-14-18(15-13-16)28-24(19-9-6-5-8-17(19)2)23(26(30)27(28)31)25(29)22-20(32-3)10-7-11-21(22)33-4/h5-15,24,29H,1-4H3/b25-23+.